The van der Waals surface area contributed by atoms with Gasteiger partial charge in [-0.05, 0) is 62.1 Å². The van der Waals surface area contributed by atoms with Crippen molar-refractivity contribution >= 4 is 33.2 Å². The van der Waals surface area contributed by atoms with Crippen LogP contribution in [0.3, 0.4) is 0 Å². The van der Waals surface area contributed by atoms with Gasteiger partial charge in [-0.15, -0.1) is 0 Å². The molecule has 1 saturated heterocycles. The standard InChI is InChI=1S/C20H23ClN2O3S/c1-14-7-9-17(27(25,26)23-10-4-3-5-11-23)13-18(14)20(24)22-16-8-6-15(2)19(21)12-16/h6-9,12-13H,3-5,10-11H2,1-2H3,(H,22,24). The number of hydrogen-bond acceptors (Lipinski definition) is 3. The number of anilines is 1. The third-order valence-electron chi connectivity index (χ3n) is 4.84. The van der Waals surface area contributed by atoms with Crippen LogP contribution >= 0.6 is 11.6 Å². The molecule has 0 radical (unpaired) electrons. The summed E-state index contributed by atoms with van der Waals surface area (Å²) < 4.78 is 27.3. The third kappa shape index (κ3) is 4.34. The molecule has 7 heteroatoms. The van der Waals surface area contributed by atoms with Crippen molar-refractivity contribution < 1.29 is 13.2 Å². The fourth-order valence-electron chi connectivity index (χ4n) is 3.13. The molecule has 0 unspecified atom stereocenters. The molecule has 0 bridgehead atoms. The molecule has 144 valence electrons. The molecule has 0 spiro atoms. The number of benzene rings is 2. The first-order valence-corrected chi connectivity index (χ1v) is 10.8. The second-order valence-electron chi connectivity index (χ2n) is 6.86. The van der Waals surface area contributed by atoms with E-state index in [1.807, 2.05) is 13.0 Å². The van der Waals surface area contributed by atoms with Gasteiger partial charge in [-0.2, -0.15) is 4.31 Å². The number of aryl methyl sites for hydroxylation is 2. The van der Waals surface area contributed by atoms with Crippen LogP contribution in [0.1, 0.15) is 40.7 Å². The molecule has 27 heavy (non-hydrogen) atoms. The number of nitrogens with one attached hydrogen (secondary N) is 1. The van der Waals surface area contributed by atoms with E-state index < -0.39 is 10.0 Å². The highest BCUT2D eigenvalue weighted by atomic mass is 35.5. The number of rotatable bonds is 4. The maximum atomic E-state index is 12.9. The predicted molar refractivity (Wildman–Crippen MR) is 108 cm³/mol. The second-order valence-corrected chi connectivity index (χ2v) is 9.20. The molecule has 1 amide bonds. The average Bonchev–Trinajstić information content (AvgIpc) is 2.65. The summed E-state index contributed by atoms with van der Waals surface area (Å²) in [5.41, 5.74) is 2.54. The largest absolute Gasteiger partial charge is 0.322 e. The minimum Gasteiger partial charge on any atom is -0.322 e. The van der Waals surface area contributed by atoms with Gasteiger partial charge < -0.3 is 5.32 Å². The van der Waals surface area contributed by atoms with Crippen LogP contribution < -0.4 is 5.32 Å². The quantitative estimate of drug-likeness (QED) is 0.819. The van der Waals surface area contributed by atoms with Crippen molar-refractivity contribution in [2.45, 2.75) is 38.0 Å². The Labute approximate surface area is 165 Å². The summed E-state index contributed by atoms with van der Waals surface area (Å²) in [6.45, 7) is 4.72. The number of amides is 1. The number of carbonyl (C=O) groups is 1. The Kier molecular flexibility index (Phi) is 5.89. The zero-order valence-corrected chi connectivity index (χ0v) is 17.0. The third-order valence-corrected chi connectivity index (χ3v) is 7.14. The van der Waals surface area contributed by atoms with Gasteiger partial charge >= 0.3 is 0 Å². The molecule has 0 aliphatic carbocycles. The minimum absolute atomic E-state index is 0.155. The van der Waals surface area contributed by atoms with E-state index in [-0.39, 0.29) is 10.8 Å². The van der Waals surface area contributed by atoms with Crippen LogP contribution in [0.4, 0.5) is 5.69 Å². The Morgan fingerprint density at radius 2 is 1.67 bits per heavy atom. The van der Waals surface area contributed by atoms with Gasteiger partial charge in [0, 0.05) is 29.4 Å². The highest BCUT2D eigenvalue weighted by Crippen LogP contribution is 2.24. The maximum Gasteiger partial charge on any atom is 0.255 e. The van der Waals surface area contributed by atoms with Crippen LogP contribution in [-0.4, -0.2) is 31.7 Å². The molecule has 1 fully saturated rings. The first kappa shape index (κ1) is 19.9. The van der Waals surface area contributed by atoms with E-state index in [1.165, 1.54) is 10.4 Å². The molecule has 3 rings (SSSR count). The van der Waals surface area contributed by atoms with Crippen molar-refractivity contribution in [3.05, 3.63) is 58.1 Å². The molecular formula is C20H23ClN2O3S. The van der Waals surface area contributed by atoms with E-state index in [4.69, 9.17) is 11.6 Å². The van der Waals surface area contributed by atoms with Crippen LogP contribution in [0, 0.1) is 13.8 Å². The van der Waals surface area contributed by atoms with Crippen LogP contribution in [0.5, 0.6) is 0 Å². The lowest BCUT2D eigenvalue weighted by molar-refractivity contribution is 0.102. The predicted octanol–water partition coefficient (Wildman–Crippen LogP) is 4.38. The van der Waals surface area contributed by atoms with E-state index >= 15 is 0 Å². The monoisotopic (exact) mass is 406 g/mol. The summed E-state index contributed by atoms with van der Waals surface area (Å²) in [5.74, 6) is -0.358. The summed E-state index contributed by atoms with van der Waals surface area (Å²) >= 11 is 6.11. The molecule has 2 aromatic rings. The van der Waals surface area contributed by atoms with Crippen molar-refractivity contribution in [1.29, 1.82) is 0 Å². The molecule has 1 aliphatic heterocycles. The van der Waals surface area contributed by atoms with E-state index in [0.29, 0.717) is 34.9 Å². The van der Waals surface area contributed by atoms with E-state index in [2.05, 4.69) is 5.32 Å². The van der Waals surface area contributed by atoms with Crippen molar-refractivity contribution in [2.75, 3.05) is 18.4 Å². The highest BCUT2D eigenvalue weighted by Gasteiger charge is 2.27. The fourth-order valence-corrected chi connectivity index (χ4v) is 4.85. The number of sulfonamides is 1. The van der Waals surface area contributed by atoms with Crippen LogP contribution in [-0.2, 0) is 10.0 Å². The SMILES string of the molecule is Cc1ccc(NC(=O)c2cc(S(=O)(=O)N3CCCCC3)ccc2C)cc1Cl. The number of piperidine rings is 1. The molecule has 1 aliphatic rings. The Morgan fingerprint density at radius 1 is 1.00 bits per heavy atom. The lowest BCUT2D eigenvalue weighted by Gasteiger charge is -2.26. The van der Waals surface area contributed by atoms with Crippen molar-refractivity contribution in [1.82, 2.24) is 4.31 Å². The minimum atomic E-state index is -3.59. The molecule has 2 aromatic carbocycles. The smallest absolute Gasteiger partial charge is 0.255 e. The van der Waals surface area contributed by atoms with E-state index in [1.54, 1.807) is 31.2 Å². The van der Waals surface area contributed by atoms with Crippen LogP contribution in [0.2, 0.25) is 5.02 Å². The molecule has 5 nitrogen and oxygen atoms in total. The van der Waals surface area contributed by atoms with Crippen molar-refractivity contribution in [3.63, 3.8) is 0 Å². The average molecular weight is 407 g/mol. The van der Waals surface area contributed by atoms with E-state index in [9.17, 15) is 13.2 Å². The highest BCUT2D eigenvalue weighted by molar-refractivity contribution is 7.89. The molecule has 1 heterocycles. The van der Waals surface area contributed by atoms with Crippen LogP contribution in [0.15, 0.2) is 41.3 Å². The normalized spacial score (nSPS) is 15.5. The molecule has 0 saturated carbocycles. The Morgan fingerprint density at radius 3 is 2.33 bits per heavy atom. The first-order chi connectivity index (χ1) is 12.8. The van der Waals surface area contributed by atoms with E-state index in [0.717, 1.165) is 24.8 Å². The lowest BCUT2D eigenvalue weighted by atomic mass is 10.1. The summed E-state index contributed by atoms with van der Waals surface area (Å²) in [4.78, 5) is 12.9. The second kappa shape index (κ2) is 8.00. The summed E-state index contributed by atoms with van der Waals surface area (Å²) in [5, 5.41) is 3.35. The maximum absolute atomic E-state index is 12.9. The van der Waals surface area contributed by atoms with Gasteiger partial charge in [0.15, 0.2) is 0 Å². The summed E-state index contributed by atoms with van der Waals surface area (Å²) in [6.07, 6.45) is 2.78. The summed E-state index contributed by atoms with van der Waals surface area (Å²) in [7, 11) is -3.59. The number of carbonyl (C=O) groups excluding carboxylic acids is 1. The molecular weight excluding hydrogens is 384 g/mol. The number of nitrogens with zero attached hydrogens (tertiary/aromatic N) is 1. The zero-order chi connectivity index (χ0) is 19.6. The summed E-state index contributed by atoms with van der Waals surface area (Å²) in [6, 6.07) is 9.97. The number of halogens is 1. The Balaban J connectivity index is 1.88. The van der Waals surface area contributed by atoms with Gasteiger partial charge in [0.2, 0.25) is 10.0 Å². The Bertz CT molecular complexity index is 967. The zero-order valence-electron chi connectivity index (χ0n) is 15.5. The van der Waals surface area contributed by atoms with Crippen molar-refractivity contribution in [3.8, 4) is 0 Å². The van der Waals surface area contributed by atoms with Gasteiger partial charge in [-0.3, -0.25) is 4.79 Å². The van der Waals surface area contributed by atoms with Gasteiger partial charge in [0.25, 0.3) is 5.91 Å². The fraction of sp³-hybridized carbons (Fsp3) is 0.350. The number of hydrogen-bond donors (Lipinski definition) is 1. The topological polar surface area (TPSA) is 66.5 Å². The first-order valence-electron chi connectivity index (χ1n) is 8.97. The van der Waals surface area contributed by atoms with Gasteiger partial charge in [-0.25, -0.2) is 8.42 Å². The molecule has 1 N–H and O–H groups in total. The molecule has 0 atom stereocenters. The van der Waals surface area contributed by atoms with Gasteiger partial charge in [0.05, 0.1) is 4.90 Å². The van der Waals surface area contributed by atoms with Crippen molar-refractivity contribution in [2.24, 2.45) is 0 Å². The molecule has 0 aromatic heterocycles. The van der Waals surface area contributed by atoms with Crippen LogP contribution in [0.25, 0.3) is 0 Å². The van der Waals surface area contributed by atoms with Gasteiger partial charge in [0.1, 0.15) is 0 Å². The van der Waals surface area contributed by atoms with Gasteiger partial charge in [-0.1, -0.05) is 30.2 Å². The lowest BCUT2D eigenvalue weighted by Crippen LogP contribution is -2.35. The Hall–Kier alpha value is -1.89.